The number of hydrogen-bond acceptors (Lipinski definition) is 15. The SMILES string of the molecule is O=c1cc(-c2ccc(O)cc2)oc2cc(O)c([C@@H]3O[C@H](CO)[C@H](O)[C@@H](O)[C@H]3O[C@@H]3O[C@H](CO)[C@H](O)[C@H](O)[C@H]3O)c(O)c12. The second-order valence-corrected chi connectivity index (χ2v) is 10.1. The number of phenols is 3. The van der Waals surface area contributed by atoms with Gasteiger partial charge in [-0.25, -0.2) is 0 Å². The normalized spacial score (nSPS) is 33.6. The van der Waals surface area contributed by atoms with Crippen molar-refractivity contribution in [3.63, 3.8) is 0 Å². The number of aromatic hydroxyl groups is 3. The molecule has 1 aromatic heterocycles. The molecule has 2 aliphatic heterocycles. The average molecular weight is 595 g/mol. The quantitative estimate of drug-likeness (QED) is 0.147. The van der Waals surface area contributed by atoms with E-state index in [0.717, 1.165) is 12.1 Å². The van der Waals surface area contributed by atoms with Gasteiger partial charge in [-0.15, -0.1) is 0 Å². The number of ether oxygens (including phenoxy) is 3. The van der Waals surface area contributed by atoms with E-state index in [1.165, 1.54) is 24.3 Å². The van der Waals surface area contributed by atoms with Crippen molar-refractivity contribution in [3.8, 4) is 28.6 Å². The van der Waals surface area contributed by atoms with Gasteiger partial charge in [0.2, 0.25) is 0 Å². The standard InChI is InChI=1S/C27H30O15/c28-7-15-20(34)23(37)26(42-27-24(38)22(36)19(33)16(8-29)41-27)25(40-15)18-12(32)6-14-17(21(18)35)11(31)5-13(39-14)9-1-3-10(30)4-2-9/h1-6,15-16,19-20,22-30,32-38H,7-8H2/t15-,16-,19+,20+,22+,23-,24-,25+,26-,27+/m1/s1. The molecule has 5 rings (SSSR count). The molecular formula is C27H30O15. The number of rotatable bonds is 6. The molecule has 2 fully saturated rings. The molecule has 228 valence electrons. The Hall–Kier alpha value is -3.35. The highest BCUT2D eigenvalue weighted by molar-refractivity contribution is 5.88. The van der Waals surface area contributed by atoms with Crippen LogP contribution in [0.2, 0.25) is 0 Å². The summed E-state index contributed by atoms with van der Waals surface area (Å²) < 4.78 is 22.4. The van der Waals surface area contributed by atoms with Crippen molar-refractivity contribution in [2.75, 3.05) is 13.2 Å². The first kappa shape index (κ1) is 30.1. The van der Waals surface area contributed by atoms with Gasteiger partial charge in [-0.3, -0.25) is 4.79 Å². The van der Waals surface area contributed by atoms with Gasteiger partial charge in [0, 0.05) is 17.7 Å². The van der Waals surface area contributed by atoms with E-state index >= 15 is 0 Å². The minimum atomic E-state index is -1.92. The first-order valence-electron chi connectivity index (χ1n) is 12.9. The van der Waals surface area contributed by atoms with Crippen molar-refractivity contribution in [2.45, 2.75) is 61.2 Å². The molecule has 3 heterocycles. The number of fused-ring (bicyclic) bond motifs is 1. The molecule has 0 spiro atoms. The van der Waals surface area contributed by atoms with Crippen LogP contribution < -0.4 is 5.43 Å². The van der Waals surface area contributed by atoms with Crippen molar-refractivity contribution < 1.29 is 69.7 Å². The maximum Gasteiger partial charge on any atom is 0.197 e. The third kappa shape index (κ3) is 5.20. The molecule has 0 saturated carbocycles. The third-order valence-corrected chi connectivity index (χ3v) is 7.45. The number of hydrogen-bond donors (Lipinski definition) is 10. The summed E-state index contributed by atoms with van der Waals surface area (Å²) >= 11 is 0. The Morgan fingerprint density at radius 3 is 2.02 bits per heavy atom. The molecule has 0 bridgehead atoms. The largest absolute Gasteiger partial charge is 0.508 e. The summed E-state index contributed by atoms with van der Waals surface area (Å²) in [5, 5.41) is 103. The highest BCUT2D eigenvalue weighted by Crippen LogP contribution is 2.46. The van der Waals surface area contributed by atoms with E-state index < -0.39 is 102 Å². The van der Waals surface area contributed by atoms with Crippen LogP contribution in [0.5, 0.6) is 17.2 Å². The minimum absolute atomic E-state index is 0.0247. The van der Waals surface area contributed by atoms with Gasteiger partial charge in [0.05, 0.1) is 18.8 Å². The van der Waals surface area contributed by atoms with Gasteiger partial charge < -0.3 is 69.7 Å². The summed E-state index contributed by atoms with van der Waals surface area (Å²) in [6.07, 6.45) is -17.4. The predicted molar refractivity (Wildman–Crippen MR) is 138 cm³/mol. The Labute approximate surface area is 236 Å². The van der Waals surface area contributed by atoms with Crippen LogP contribution in [0.4, 0.5) is 0 Å². The zero-order chi connectivity index (χ0) is 30.5. The second-order valence-electron chi connectivity index (χ2n) is 10.1. The molecule has 3 aromatic rings. The molecule has 2 saturated heterocycles. The van der Waals surface area contributed by atoms with Crippen molar-refractivity contribution in [1.29, 1.82) is 0 Å². The summed E-state index contributed by atoms with van der Waals surface area (Å²) in [5.41, 5.74) is -1.10. The smallest absolute Gasteiger partial charge is 0.197 e. The van der Waals surface area contributed by atoms with Crippen LogP contribution in [0.15, 0.2) is 45.6 Å². The molecule has 10 atom stereocenters. The highest BCUT2D eigenvalue weighted by Gasteiger charge is 2.52. The fourth-order valence-electron chi connectivity index (χ4n) is 5.16. The molecule has 15 nitrogen and oxygen atoms in total. The van der Waals surface area contributed by atoms with Crippen LogP contribution in [0.25, 0.3) is 22.3 Å². The van der Waals surface area contributed by atoms with E-state index in [2.05, 4.69) is 0 Å². The topological polar surface area (TPSA) is 260 Å². The van der Waals surface area contributed by atoms with Gasteiger partial charge in [0.25, 0.3) is 0 Å². The van der Waals surface area contributed by atoms with Gasteiger partial charge in [-0.2, -0.15) is 0 Å². The first-order chi connectivity index (χ1) is 20.0. The van der Waals surface area contributed by atoms with Gasteiger partial charge in [-0.1, -0.05) is 0 Å². The molecule has 15 heteroatoms. The van der Waals surface area contributed by atoms with E-state index in [0.29, 0.717) is 5.56 Å². The monoisotopic (exact) mass is 594 g/mol. The third-order valence-electron chi connectivity index (χ3n) is 7.45. The zero-order valence-electron chi connectivity index (χ0n) is 21.7. The van der Waals surface area contributed by atoms with E-state index in [4.69, 9.17) is 18.6 Å². The van der Waals surface area contributed by atoms with Gasteiger partial charge in [0.1, 0.15) is 88.9 Å². The van der Waals surface area contributed by atoms with Gasteiger partial charge in [-0.05, 0) is 24.3 Å². The maximum atomic E-state index is 13.1. The van der Waals surface area contributed by atoms with E-state index in [9.17, 15) is 55.9 Å². The number of aliphatic hydroxyl groups excluding tert-OH is 7. The van der Waals surface area contributed by atoms with Crippen LogP contribution in [0, 0.1) is 0 Å². The Balaban J connectivity index is 1.58. The van der Waals surface area contributed by atoms with E-state index in [-0.39, 0.29) is 17.1 Å². The molecule has 0 amide bonds. The van der Waals surface area contributed by atoms with Crippen LogP contribution >= 0.6 is 0 Å². The van der Waals surface area contributed by atoms with Crippen molar-refractivity contribution in [1.82, 2.24) is 0 Å². The van der Waals surface area contributed by atoms with Crippen LogP contribution in [-0.2, 0) is 14.2 Å². The highest BCUT2D eigenvalue weighted by atomic mass is 16.7. The second kappa shape index (κ2) is 11.7. The fourth-order valence-corrected chi connectivity index (χ4v) is 5.16. The lowest BCUT2D eigenvalue weighted by molar-refractivity contribution is -0.342. The molecule has 10 N–H and O–H groups in total. The summed E-state index contributed by atoms with van der Waals surface area (Å²) in [6, 6.07) is 7.75. The van der Waals surface area contributed by atoms with Crippen LogP contribution in [-0.4, -0.2) is 119 Å². The summed E-state index contributed by atoms with van der Waals surface area (Å²) in [6.45, 7) is -1.62. The molecule has 0 radical (unpaired) electrons. The lowest BCUT2D eigenvalue weighted by atomic mass is 9.89. The summed E-state index contributed by atoms with van der Waals surface area (Å²) in [5.74, 6) is -1.53. The number of benzene rings is 2. The first-order valence-corrected chi connectivity index (χ1v) is 12.9. The Morgan fingerprint density at radius 2 is 1.38 bits per heavy atom. The molecule has 0 aliphatic carbocycles. The van der Waals surface area contributed by atoms with Crippen molar-refractivity contribution in [3.05, 3.63) is 52.2 Å². The molecule has 0 unspecified atom stereocenters. The fraction of sp³-hybridized carbons (Fsp3) is 0.444. The Kier molecular flexibility index (Phi) is 8.41. The van der Waals surface area contributed by atoms with Crippen molar-refractivity contribution in [2.24, 2.45) is 0 Å². The lowest BCUT2D eigenvalue weighted by Crippen LogP contribution is -2.62. The van der Waals surface area contributed by atoms with Gasteiger partial charge >= 0.3 is 0 Å². The predicted octanol–water partition coefficient (Wildman–Crippen LogP) is -2.08. The Morgan fingerprint density at radius 1 is 0.762 bits per heavy atom. The number of phenolic OH excluding ortho intramolecular Hbond substituents is 3. The zero-order valence-corrected chi connectivity index (χ0v) is 21.7. The Bertz CT molecular complexity index is 1470. The van der Waals surface area contributed by atoms with E-state index in [1.807, 2.05) is 0 Å². The van der Waals surface area contributed by atoms with Crippen LogP contribution in [0.1, 0.15) is 11.7 Å². The summed E-state index contributed by atoms with van der Waals surface area (Å²) in [7, 11) is 0. The van der Waals surface area contributed by atoms with E-state index in [1.54, 1.807) is 0 Å². The van der Waals surface area contributed by atoms with Crippen LogP contribution in [0.3, 0.4) is 0 Å². The lowest BCUT2D eigenvalue weighted by Gasteiger charge is -2.46. The number of aliphatic hydroxyl groups is 7. The molecular weight excluding hydrogens is 564 g/mol. The molecule has 42 heavy (non-hydrogen) atoms. The maximum absolute atomic E-state index is 13.1. The summed E-state index contributed by atoms with van der Waals surface area (Å²) in [4.78, 5) is 13.1. The minimum Gasteiger partial charge on any atom is -0.508 e. The van der Waals surface area contributed by atoms with Gasteiger partial charge in [0.15, 0.2) is 11.7 Å². The molecule has 2 aromatic carbocycles. The van der Waals surface area contributed by atoms with Crippen molar-refractivity contribution >= 4 is 11.0 Å². The molecule has 2 aliphatic rings. The average Bonchev–Trinajstić information content (AvgIpc) is 2.96.